The first kappa shape index (κ1) is 19.8. The first-order chi connectivity index (χ1) is 13.4. The largest absolute Gasteiger partial charge is 0.471 e. The van der Waals surface area contributed by atoms with E-state index in [-0.39, 0.29) is 23.0 Å². The molecule has 0 aliphatic rings. The molecule has 0 bridgehead atoms. The summed E-state index contributed by atoms with van der Waals surface area (Å²) in [7, 11) is 1.27. The van der Waals surface area contributed by atoms with Crippen LogP contribution in [0.3, 0.4) is 0 Å². The number of amides is 1. The van der Waals surface area contributed by atoms with E-state index in [0.717, 1.165) is 4.88 Å². The van der Waals surface area contributed by atoms with E-state index in [1.165, 1.54) is 47.4 Å². The number of carbonyl (C=O) groups excluding carboxylic acids is 2. The SMILES string of the molecule is COC(=O)c1cc(C)sc1NC(=O)c1ccn(COc2ccc(F)c(Cl)c2)n1. The zero-order chi connectivity index (χ0) is 20.3. The summed E-state index contributed by atoms with van der Waals surface area (Å²) in [5.41, 5.74) is 0.428. The molecule has 1 aromatic carbocycles. The lowest BCUT2D eigenvalue weighted by Gasteiger charge is -2.07. The van der Waals surface area contributed by atoms with Crippen LogP contribution in [0.2, 0.25) is 5.02 Å². The third-order valence-corrected chi connectivity index (χ3v) is 4.87. The van der Waals surface area contributed by atoms with Gasteiger partial charge in [-0.05, 0) is 31.2 Å². The molecule has 0 saturated heterocycles. The Kier molecular flexibility index (Phi) is 5.96. The second kappa shape index (κ2) is 8.41. The number of ether oxygens (including phenoxy) is 2. The number of hydrogen-bond donors (Lipinski definition) is 1. The van der Waals surface area contributed by atoms with Gasteiger partial charge in [0, 0.05) is 17.1 Å². The fourth-order valence-corrected chi connectivity index (χ4v) is 3.36. The van der Waals surface area contributed by atoms with Crippen LogP contribution >= 0.6 is 22.9 Å². The average Bonchev–Trinajstić information content (AvgIpc) is 3.28. The Balaban J connectivity index is 1.66. The molecule has 1 N–H and O–H groups in total. The van der Waals surface area contributed by atoms with Crippen LogP contribution in [0.15, 0.2) is 36.5 Å². The van der Waals surface area contributed by atoms with E-state index in [1.54, 1.807) is 12.3 Å². The van der Waals surface area contributed by atoms with Gasteiger partial charge in [0.2, 0.25) is 0 Å². The molecule has 0 aliphatic carbocycles. The standard InChI is InChI=1S/C18H15ClFN3O4S/c1-10-7-12(18(25)26-2)17(28-10)21-16(24)15-5-6-23(22-15)9-27-11-3-4-14(20)13(19)8-11/h3-8H,9H2,1-2H3,(H,21,24). The number of carbonyl (C=O) groups is 2. The van der Waals surface area contributed by atoms with Crippen molar-refractivity contribution in [1.29, 1.82) is 0 Å². The second-order valence-corrected chi connectivity index (χ2v) is 7.30. The highest BCUT2D eigenvalue weighted by atomic mass is 35.5. The minimum absolute atomic E-state index is 0.000756. The fraction of sp³-hybridized carbons (Fsp3) is 0.167. The Hall–Kier alpha value is -2.91. The van der Waals surface area contributed by atoms with Crippen LogP contribution in [0.25, 0.3) is 0 Å². The van der Waals surface area contributed by atoms with Crippen molar-refractivity contribution in [3.63, 3.8) is 0 Å². The Morgan fingerprint density at radius 3 is 2.82 bits per heavy atom. The van der Waals surface area contributed by atoms with E-state index < -0.39 is 17.7 Å². The maximum absolute atomic E-state index is 13.2. The van der Waals surface area contributed by atoms with E-state index in [4.69, 9.17) is 21.1 Å². The lowest BCUT2D eigenvalue weighted by molar-refractivity contribution is 0.0602. The lowest BCUT2D eigenvalue weighted by atomic mass is 10.3. The molecule has 0 spiro atoms. The molecule has 2 heterocycles. The van der Waals surface area contributed by atoms with Crippen LogP contribution in [0.5, 0.6) is 5.75 Å². The average molecular weight is 424 g/mol. The third kappa shape index (κ3) is 4.49. The maximum Gasteiger partial charge on any atom is 0.340 e. The number of esters is 1. The Bertz CT molecular complexity index is 1030. The number of rotatable bonds is 6. The van der Waals surface area contributed by atoms with Crippen molar-refractivity contribution in [2.75, 3.05) is 12.4 Å². The fourth-order valence-electron chi connectivity index (χ4n) is 2.30. The number of benzene rings is 1. The smallest absolute Gasteiger partial charge is 0.340 e. The monoisotopic (exact) mass is 423 g/mol. The Labute approximate surface area is 168 Å². The minimum atomic E-state index is -0.540. The van der Waals surface area contributed by atoms with Crippen molar-refractivity contribution in [1.82, 2.24) is 9.78 Å². The number of aryl methyl sites for hydroxylation is 1. The van der Waals surface area contributed by atoms with Crippen molar-refractivity contribution in [3.8, 4) is 5.75 Å². The molecule has 0 unspecified atom stereocenters. The predicted octanol–water partition coefficient (Wildman–Crippen LogP) is 4.12. The van der Waals surface area contributed by atoms with Crippen LogP contribution < -0.4 is 10.1 Å². The summed E-state index contributed by atoms with van der Waals surface area (Å²) in [5, 5.41) is 7.13. The quantitative estimate of drug-likeness (QED) is 0.603. The van der Waals surface area contributed by atoms with Crippen molar-refractivity contribution in [3.05, 3.63) is 63.5 Å². The summed E-state index contributed by atoms with van der Waals surface area (Å²) >= 11 is 6.97. The van der Waals surface area contributed by atoms with Gasteiger partial charge >= 0.3 is 5.97 Å². The summed E-state index contributed by atoms with van der Waals surface area (Å²) in [5.74, 6) is -1.18. The molecule has 1 amide bonds. The highest BCUT2D eigenvalue weighted by Gasteiger charge is 2.19. The molecule has 3 aromatic rings. The van der Waals surface area contributed by atoms with E-state index in [1.807, 2.05) is 6.92 Å². The molecule has 0 radical (unpaired) electrons. The van der Waals surface area contributed by atoms with Gasteiger partial charge in [-0.15, -0.1) is 11.3 Å². The van der Waals surface area contributed by atoms with Crippen molar-refractivity contribution >= 4 is 39.8 Å². The summed E-state index contributed by atoms with van der Waals surface area (Å²) in [6.45, 7) is 1.82. The molecule has 0 saturated carbocycles. The topological polar surface area (TPSA) is 82.5 Å². The molecule has 0 atom stereocenters. The van der Waals surface area contributed by atoms with Gasteiger partial charge < -0.3 is 14.8 Å². The maximum atomic E-state index is 13.2. The molecule has 0 aliphatic heterocycles. The first-order valence-electron chi connectivity index (χ1n) is 7.99. The number of nitrogens with one attached hydrogen (secondary N) is 1. The lowest BCUT2D eigenvalue weighted by Crippen LogP contribution is -2.15. The van der Waals surface area contributed by atoms with E-state index in [0.29, 0.717) is 10.8 Å². The molecule has 7 nitrogen and oxygen atoms in total. The van der Waals surface area contributed by atoms with Crippen LogP contribution in [0.1, 0.15) is 25.7 Å². The number of aromatic nitrogens is 2. The summed E-state index contributed by atoms with van der Waals surface area (Å²) in [4.78, 5) is 25.1. The zero-order valence-electron chi connectivity index (χ0n) is 14.9. The Morgan fingerprint density at radius 2 is 2.11 bits per heavy atom. The summed E-state index contributed by atoms with van der Waals surface area (Å²) < 4.78 is 24.7. The van der Waals surface area contributed by atoms with Gasteiger partial charge in [0.25, 0.3) is 5.91 Å². The molecule has 10 heteroatoms. The van der Waals surface area contributed by atoms with Crippen LogP contribution in [-0.4, -0.2) is 28.8 Å². The van der Waals surface area contributed by atoms with Crippen molar-refractivity contribution in [2.45, 2.75) is 13.7 Å². The van der Waals surface area contributed by atoms with E-state index >= 15 is 0 Å². The molecule has 2 aromatic heterocycles. The van der Waals surface area contributed by atoms with Gasteiger partial charge in [0.1, 0.15) is 16.6 Å². The van der Waals surface area contributed by atoms with Gasteiger partial charge in [0.15, 0.2) is 12.4 Å². The van der Waals surface area contributed by atoms with Crippen LogP contribution in [0.4, 0.5) is 9.39 Å². The number of thiophene rings is 1. The van der Waals surface area contributed by atoms with Gasteiger partial charge in [-0.2, -0.15) is 5.10 Å². The van der Waals surface area contributed by atoms with Crippen molar-refractivity contribution < 1.29 is 23.5 Å². The zero-order valence-corrected chi connectivity index (χ0v) is 16.4. The van der Waals surface area contributed by atoms with E-state index in [2.05, 4.69) is 10.4 Å². The molecule has 3 rings (SSSR count). The van der Waals surface area contributed by atoms with Gasteiger partial charge in [-0.1, -0.05) is 11.6 Å². The molecular weight excluding hydrogens is 409 g/mol. The molecular formula is C18H15ClFN3O4S. The van der Waals surface area contributed by atoms with Gasteiger partial charge in [0.05, 0.1) is 17.7 Å². The van der Waals surface area contributed by atoms with Gasteiger partial charge in [-0.25, -0.2) is 13.9 Å². The Morgan fingerprint density at radius 1 is 1.32 bits per heavy atom. The highest BCUT2D eigenvalue weighted by Crippen LogP contribution is 2.28. The predicted molar refractivity (Wildman–Crippen MR) is 103 cm³/mol. The second-order valence-electron chi connectivity index (χ2n) is 5.64. The summed E-state index contributed by atoms with van der Waals surface area (Å²) in [6, 6.07) is 7.13. The van der Waals surface area contributed by atoms with Crippen LogP contribution in [-0.2, 0) is 11.5 Å². The third-order valence-electron chi connectivity index (χ3n) is 3.62. The molecule has 0 fully saturated rings. The summed E-state index contributed by atoms with van der Waals surface area (Å²) in [6.07, 6.45) is 1.56. The number of methoxy groups -OCH3 is 1. The number of anilines is 1. The number of hydrogen-bond acceptors (Lipinski definition) is 6. The first-order valence-corrected chi connectivity index (χ1v) is 9.18. The van der Waals surface area contributed by atoms with Crippen molar-refractivity contribution in [2.24, 2.45) is 0 Å². The number of nitrogens with zero attached hydrogens (tertiary/aromatic N) is 2. The molecule has 28 heavy (non-hydrogen) atoms. The number of halogens is 2. The normalized spacial score (nSPS) is 10.6. The highest BCUT2D eigenvalue weighted by molar-refractivity contribution is 7.16. The van der Waals surface area contributed by atoms with Crippen LogP contribution in [0, 0.1) is 12.7 Å². The van der Waals surface area contributed by atoms with Gasteiger partial charge in [-0.3, -0.25) is 4.79 Å². The van der Waals surface area contributed by atoms with E-state index in [9.17, 15) is 14.0 Å². The minimum Gasteiger partial charge on any atom is -0.471 e. The molecule has 146 valence electrons.